The molecule has 4 nitrogen and oxygen atoms in total. The third kappa shape index (κ3) is 4.20. The van der Waals surface area contributed by atoms with E-state index in [9.17, 15) is 18.0 Å². The van der Waals surface area contributed by atoms with Gasteiger partial charge in [0.2, 0.25) is 0 Å². The van der Waals surface area contributed by atoms with Crippen molar-refractivity contribution in [1.29, 1.82) is 0 Å². The van der Waals surface area contributed by atoms with Crippen LogP contribution in [0.3, 0.4) is 0 Å². The summed E-state index contributed by atoms with van der Waals surface area (Å²) in [5.41, 5.74) is -0.809. The number of amides is 1. The van der Waals surface area contributed by atoms with E-state index >= 15 is 0 Å². The zero-order valence-corrected chi connectivity index (χ0v) is 14.3. The second-order valence-electron chi connectivity index (χ2n) is 5.30. The predicted molar refractivity (Wildman–Crippen MR) is 92.8 cm³/mol. The maximum atomic E-state index is 13.0. The van der Waals surface area contributed by atoms with Crippen LogP contribution in [-0.2, 0) is 6.18 Å². The van der Waals surface area contributed by atoms with E-state index in [1.54, 1.807) is 36.4 Å². The molecule has 26 heavy (non-hydrogen) atoms. The quantitative estimate of drug-likeness (QED) is 0.651. The maximum absolute atomic E-state index is 13.0. The Kier molecular flexibility index (Phi) is 4.94. The molecule has 0 saturated carbocycles. The molecule has 3 aromatic rings. The lowest BCUT2D eigenvalue weighted by molar-refractivity contribution is -0.141. The second kappa shape index (κ2) is 7.17. The number of alkyl halides is 3. The van der Waals surface area contributed by atoms with Crippen molar-refractivity contribution >= 4 is 22.9 Å². The van der Waals surface area contributed by atoms with E-state index in [2.05, 4.69) is 10.3 Å². The van der Waals surface area contributed by atoms with Gasteiger partial charge in [-0.2, -0.15) is 13.2 Å². The Morgan fingerprint density at radius 2 is 1.65 bits per heavy atom. The SMILES string of the molecule is Cc1nc(C(F)(F)F)c(C(=O)Nc2ccc(Oc3ccccc3)cc2)s1. The van der Waals surface area contributed by atoms with Crippen molar-refractivity contribution in [2.45, 2.75) is 13.1 Å². The lowest BCUT2D eigenvalue weighted by atomic mass is 10.2. The molecule has 1 amide bonds. The molecule has 0 radical (unpaired) electrons. The third-order valence-electron chi connectivity index (χ3n) is 3.30. The van der Waals surface area contributed by atoms with Crippen LogP contribution in [0.15, 0.2) is 54.6 Å². The van der Waals surface area contributed by atoms with Crippen LogP contribution in [0, 0.1) is 6.92 Å². The summed E-state index contributed by atoms with van der Waals surface area (Å²) in [6.45, 7) is 1.42. The maximum Gasteiger partial charge on any atom is 0.435 e. The zero-order valence-electron chi connectivity index (χ0n) is 13.5. The van der Waals surface area contributed by atoms with Crippen LogP contribution in [0.5, 0.6) is 11.5 Å². The molecule has 0 aliphatic rings. The summed E-state index contributed by atoms with van der Waals surface area (Å²) in [5, 5.41) is 2.63. The number of nitrogens with one attached hydrogen (secondary N) is 1. The molecule has 0 aliphatic heterocycles. The van der Waals surface area contributed by atoms with Gasteiger partial charge in [-0.1, -0.05) is 18.2 Å². The summed E-state index contributed by atoms with van der Waals surface area (Å²) < 4.78 is 44.5. The number of hydrogen-bond donors (Lipinski definition) is 1. The number of para-hydroxylation sites is 1. The molecule has 1 heterocycles. The van der Waals surface area contributed by atoms with E-state index in [-0.39, 0.29) is 5.01 Å². The van der Waals surface area contributed by atoms with E-state index in [4.69, 9.17) is 4.74 Å². The van der Waals surface area contributed by atoms with Crippen molar-refractivity contribution in [2.75, 3.05) is 5.32 Å². The van der Waals surface area contributed by atoms with Crippen molar-refractivity contribution in [3.05, 3.63) is 70.2 Å². The number of ether oxygens (including phenoxy) is 1. The first-order valence-corrected chi connectivity index (χ1v) is 8.33. The topological polar surface area (TPSA) is 51.2 Å². The van der Waals surface area contributed by atoms with E-state index in [0.29, 0.717) is 28.5 Å². The Morgan fingerprint density at radius 3 is 2.27 bits per heavy atom. The molecule has 0 unspecified atom stereocenters. The highest BCUT2D eigenvalue weighted by atomic mass is 32.1. The standard InChI is InChI=1S/C18H13F3N2O2S/c1-11-22-16(18(19,20)21)15(26-11)17(24)23-12-7-9-14(10-8-12)25-13-5-3-2-4-6-13/h2-10H,1H3,(H,23,24). The van der Waals surface area contributed by atoms with Crippen LogP contribution in [0.2, 0.25) is 0 Å². The predicted octanol–water partition coefficient (Wildman–Crippen LogP) is 5.51. The first kappa shape index (κ1) is 17.9. The largest absolute Gasteiger partial charge is 0.457 e. The molecule has 8 heteroatoms. The summed E-state index contributed by atoms with van der Waals surface area (Å²) in [7, 11) is 0. The van der Waals surface area contributed by atoms with E-state index in [0.717, 1.165) is 0 Å². The Hall–Kier alpha value is -2.87. The van der Waals surface area contributed by atoms with Gasteiger partial charge in [0, 0.05) is 5.69 Å². The molecule has 3 rings (SSSR count). The summed E-state index contributed by atoms with van der Waals surface area (Å²) in [5.74, 6) is 0.345. The number of carbonyl (C=O) groups excluding carboxylic acids is 1. The number of rotatable bonds is 4. The molecule has 0 bridgehead atoms. The summed E-state index contributed by atoms with van der Waals surface area (Å²) in [4.78, 5) is 15.2. The Labute approximate surface area is 151 Å². The number of aromatic nitrogens is 1. The number of halogens is 3. The van der Waals surface area contributed by atoms with Crippen LogP contribution in [-0.4, -0.2) is 10.9 Å². The Balaban J connectivity index is 1.73. The molecular weight excluding hydrogens is 365 g/mol. The molecule has 1 aromatic heterocycles. The van der Waals surface area contributed by atoms with Gasteiger partial charge in [0.15, 0.2) is 5.69 Å². The Bertz CT molecular complexity index is 906. The average Bonchev–Trinajstić information content (AvgIpc) is 3.00. The van der Waals surface area contributed by atoms with Crippen molar-refractivity contribution < 1.29 is 22.7 Å². The van der Waals surface area contributed by atoms with Crippen molar-refractivity contribution in [2.24, 2.45) is 0 Å². The number of nitrogens with zero attached hydrogens (tertiary/aromatic N) is 1. The fraction of sp³-hybridized carbons (Fsp3) is 0.111. The van der Waals surface area contributed by atoms with Gasteiger partial charge in [-0.25, -0.2) is 4.98 Å². The summed E-state index contributed by atoms with van der Waals surface area (Å²) in [6.07, 6.45) is -4.68. The minimum Gasteiger partial charge on any atom is -0.457 e. The van der Waals surface area contributed by atoms with Crippen LogP contribution >= 0.6 is 11.3 Å². The molecular formula is C18H13F3N2O2S. The zero-order chi connectivity index (χ0) is 18.7. The monoisotopic (exact) mass is 378 g/mol. The first-order chi connectivity index (χ1) is 12.3. The van der Waals surface area contributed by atoms with E-state index in [1.807, 2.05) is 18.2 Å². The lowest BCUT2D eigenvalue weighted by Gasteiger charge is -2.09. The van der Waals surface area contributed by atoms with E-state index < -0.39 is 22.7 Å². The van der Waals surface area contributed by atoms with Crippen LogP contribution in [0.25, 0.3) is 0 Å². The molecule has 0 spiro atoms. The van der Waals surface area contributed by atoms with Crippen LogP contribution < -0.4 is 10.1 Å². The van der Waals surface area contributed by atoms with Gasteiger partial charge in [0.05, 0.1) is 5.01 Å². The summed E-state index contributed by atoms with van der Waals surface area (Å²) in [6, 6.07) is 15.5. The molecule has 2 aromatic carbocycles. The average molecular weight is 378 g/mol. The molecule has 0 atom stereocenters. The van der Waals surface area contributed by atoms with Gasteiger partial charge < -0.3 is 10.1 Å². The summed E-state index contributed by atoms with van der Waals surface area (Å²) >= 11 is 0.706. The molecule has 0 fully saturated rings. The normalized spacial score (nSPS) is 11.2. The number of carbonyl (C=O) groups is 1. The Morgan fingerprint density at radius 1 is 1.04 bits per heavy atom. The van der Waals surface area contributed by atoms with Gasteiger partial charge in [-0.05, 0) is 43.3 Å². The van der Waals surface area contributed by atoms with Crippen LogP contribution in [0.4, 0.5) is 18.9 Å². The number of thiazole rings is 1. The van der Waals surface area contributed by atoms with Crippen molar-refractivity contribution in [3.8, 4) is 11.5 Å². The number of aryl methyl sites for hydroxylation is 1. The van der Waals surface area contributed by atoms with E-state index in [1.165, 1.54) is 6.92 Å². The number of hydrogen-bond acceptors (Lipinski definition) is 4. The number of benzene rings is 2. The molecule has 1 N–H and O–H groups in total. The van der Waals surface area contributed by atoms with Crippen molar-refractivity contribution in [3.63, 3.8) is 0 Å². The van der Waals surface area contributed by atoms with Gasteiger partial charge in [0.25, 0.3) is 5.91 Å². The minimum absolute atomic E-state index is 0.175. The number of anilines is 1. The van der Waals surface area contributed by atoms with Gasteiger partial charge >= 0.3 is 6.18 Å². The van der Waals surface area contributed by atoms with Gasteiger partial charge in [0.1, 0.15) is 16.4 Å². The lowest BCUT2D eigenvalue weighted by Crippen LogP contribution is -2.17. The van der Waals surface area contributed by atoms with Crippen molar-refractivity contribution in [1.82, 2.24) is 4.98 Å². The minimum atomic E-state index is -4.68. The fourth-order valence-electron chi connectivity index (χ4n) is 2.19. The van der Waals surface area contributed by atoms with Crippen LogP contribution in [0.1, 0.15) is 20.4 Å². The van der Waals surface area contributed by atoms with Gasteiger partial charge in [-0.15, -0.1) is 11.3 Å². The molecule has 0 saturated heterocycles. The molecule has 134 valence electrons. The second-order valence-corrected chi connectivity index (χ2v) is 6.51. The highest BCUT2D eigenvalue weighted by Crippen LogP contribution is 2.34. The highest BCUT2D eigenvalue weighted by molar-refractivity contribution is 7.13. The first-order valence-electron chi connectivity index (χ1n) is 7.52. The van der Waals surface area contributed by atoms with Gasteiger partial charge in [-0.3, -0.25) is 4.79 Å². The highest BCUT2D eigenvalue weighted by Gasteiger charge is 2.39. The smallest absolute Gasteiger partial charge is 0.435 e. The fourth-order valence-corrected chi connectivity index (χ4v) is 3.03. The molecule has 0 aliphatic carbocycles. The third-order valence-corrected chi connectivity index (χ3v) is 4.27.